The molecule has 0 aromatic heterocycles. The molecule has 5 nitrogen and oxygen atoms in total. The van der Waals surface area contributed by atoms with Gasteiger partial charge in [0.2, 0.25) is 0 Å². The number of anilines is 1. The highest BCUT2D eigenvalue weighted by Crippen LogP contribution is 2.23. The number of likely N-dealkylation sites (tertiary alicyclic amines) is 1. The summed E-state index contributed by atoms with van der Waals surface area (Å²) in [7, 11) is -4.19. The second kappa shape index (κ2) is 8.04. The molecule has 144 valence electrons. The van der Waals surface area contributed by atoms with Gasteiger partial charge in [-0.3, -0.25) is 9.52 Å². The lowest BCUT2D eigenvalue weighted by molar-refractivity contribution is 0.0761. The number of hydrogen-bond donors (Lipinski definition) is 1. The van der Waals surface area contributed by atoms with E-state index in [1.165, 1.54) is 24.3 Å². The second-order valence-corrected chi connectivity index (χ2v) is 8.12. The van der Waals surface area contributed by atoms with Gasteiger partial charge in [-0.15, -0.1) is 0 Å². The lowest BCUT2D eigenvalue weighted by Crippen LogP contribution is -2.31. The smallest absolute Gasteiger partial charge is 0.262 e. The molecule has 0 atom stereocenters. The van der Waals surface area contributed by atoms with Crippen LogP contribution >= 0.6 is 0 Å². The molecule has 1 aliphatic heterocycles. The maximum Gasteiger partial charge on any atom is 0.262 e. The Morgan fingerprint density at radius 1 is 0.889 bits per heavy atom. The number of rotatable bonds is 4. The molecule has 1 saturated heterocycles. The van der Waals surface area contributed by atoms with Gasteiger partial charge in [-0.2, -0.15) is 0 Å². The van der Waals surface area contributed by atoms with Crippen molar-refractivity contribution in [2.24, 2.45) is 0 Å². The van der Waals surface area contributed by atoms with Gasteiger partial charge < -0.3 is 4.90 Å². The molecule has 2 aromatic rings. The third kappa shape index (κ3) is 4.44. The molecule has 3 rings (SSSR count). The van der Waals surface area contributed by atoms with Crippen molar-refractivity contribution in [3.05, 3.63) is 59.7 Å². The van der Waals surface area contributed by atoms with E-state index in [2.05, 4.69) is 0 Å². The SMILES string of the molecule is O=C(c1ccc(S(=O)(=O)Nc2c(F)cccc2F)cc1)N1CCCCCC1. The number of nitrogens with one attached hydrogen (secondary N) is 1. The van der Waals surface area contributed by atoms with Gasteiger partial charge in [-0.25, -0.2) is 17.2 Å². The second-order valence-electron chi connectivity index (χ2n) is 6.43. The monoisotopic (exact) mass is 394 g/mol. The van der Waals surface area contributed by atoms with E-state index in [0.717, 1.165) is 43.9 Å². The molecule has 1 aliphatic rings. The topological polar surface area (TPSA) is 66.5 Å². The van der Waals surface area contributed by atoms with Crippen LogP contribution in [0.4, 0.5) is 14.5 Å². The van der Waals surface area contributed by atoms with Crippen LogP contribution in [0.2, 0.25) is 0 Å². The number of hydrogen-bond acceptors (Lipinski definition) is 3. The standard InChI is InChI=1S/C19H20F2N2O3S/c20-16-6-5-7-17(21)18(16)22-27(25,26)15-10-8-14(9-11-15)19(24)23-12-3-1-2-4-13-23/h5-11,22H,1-4,12-13H2. The van der Waals surface area contributed by atoms with Crippen LogP contribution in [-0.4, -0.2) is 32.3 Å². The molecule has 1 amide bonds. The fourth-order valence-corrected chi connectivity index (χ4v) is 4.10. The quantitative estimate of drug-likeness (QED) is 0.858. The minimum atomic E-state index is -4.19. The summed E-state index contributed by atoms with van der Waals surface area (Å²) in [6.45, 7) is 1.37. The number of para-hydroxylation sites is 1. The Hall–Kier alpha value is -2.48. The number of carbonyl (C=O) groups excluding carboxylic acids is 1. The van der Waals surface area contributed by atoms with E-state index in [1.54, 1.807) is 4.90 Å². The molecule has 0 spiro atoms. The van der Waals surface area contributed by atoms with Crippen LogP contribution in [0.5, 0.6) is 0 Å². The van der Waals surface area contributed by atoms with E-state index in [1.807, 2.05) is 4.72 Å². The van der Waals surface area contributed by atoms with Gasteiger partial charge in [-0.1, -0.05) is 18.9 Å². The molecule has 0 radical (unpaired) electrons. The molecule has 1 N–H and O–H groups in total. The average Bonchev–Trinajstić information content (AvgIpc) is 2.94. The molecule has 8 heteroatoms. The van der Waals surface area contributed by atoms with Gasteiger partial charge >= 0.3 is 0 Å². The number of halogens is 2. The van der Waals surface area contributed by atoms with Crippen molar-refractivity contribution in [1.29, 1.82) is 0 Å². The zero-order valence-electron chi connectivity index (χ0n) is 14.6. The molecule has 0 saturated carbocycles. The zero-order valence-corrected chi connectivity index (χ0v) is 15.4. The van der Waals surface area contributed by atoms with Crippen molar-refractivity contribution in [2.45, 2.75) is 30.6 Å². The van der Waals surface area contributed by atoms with E-state index in [0.29, 0.717) is 18.7 Å². The first-order valence-electron chi connectivity index (χ1n) is 8.75. The fraction of sp³-hybridized carbons (Fsp3) is 0.316. The number of benzene rings is 2. The van der Waals surface area contributed by atoms with Crippen LogP contribution in [0.1, 0.15) is 36.0 Å². The Labute approximate surface area is 157 Å². The first-order chi connectivity index (χ1) is 12.9. The summed E-state index contributed by atoms with van der Waals surface area (Å²) < 4.78 is 54.1. The summed E-state index contributed by atoms with van der Waals surface area (Å²) in [5, 5.41) is 0. The highest BCUT2D eigenvalue weighted by molar-refractivity contribution is 7.92. The Kier molecular flexibility index (Phi) is 5.74. The van der Waals surface area contributed by atoms with Crippen LogP contribution in [0, 0.1) is 11.6 Å². The summed E-state index contributed by atoms with van der Waals surface area (Å²) in [5.74, 6) is -2.16. The molecule has 0 bridgehead atoms. The van der Waals surface area contributed by atoms with Crippen LogP contribution in [0.25, 0.3) is 0 Å². The van der Waals surface area contributed by atoms with E-state index < -0.39 is 27.3 Å². The van der Waals surface area contributed by atoms with E-state index in [-0.39, 0.29) is 10.8 Å². The van der Waals surface area contributed by atoms with Crippen LogP contribution in [0.3, 0.4) is 0 Å². The Bertz CT molecular complexity index is 902. The zero-order chi connectivity index (χ0) is 19.4. The van der Waals surface area contributed by atoms with Crippen molar-refractivity contribution in [3.8, 4) is 0 Å². The summed E-state index contributed by atoms with van der Waals surface area (Å²) in [6, 6.07) is 8.41. The first-order valence-corrected chi connectivity index (χ1v) is 10.2. The lowest BCUT2D eigenvalue weighted by atomic mass is 10.2. The highest BCUT2D eigenvalue weighted by Gasteiger charge is 2.21. The molecular formula is C19H20F2N2O3S. The van der Waals surface area contributed by atoms with Crippen LogP contribution in [-0.2, 0) is 10.0 Å². The molecule has 2 aromatic carbocycles. The minimum Gasteiger partial charge on any atom is -0.339 e. The van der Waals surface area contributed by atoms with Gasteiger partial charge in [0.05, 0.1) is 4.90 Å². The molecule has 0 unspecified atom stereocenters. The van der Waals surface area contributed by atoms with Gasteiger partial charge in [-0.05, 0) is 49.2 Å². The molecule has 0 aliphatic carbocycles. The predicted octanol–water partition coefficient (Wildman–Crippen LogP) is 3.78. The maximum atomic E-state index is 13.7. The summed E-state index contributed by atoms with van der Waals surface area (Å²) in [6.07, 6.45) is 4.10. The molecule has 1 fully saturated rings. The maximum absolute atomic E-state index is 13.7. The van der Waals surface area contributed by atoms with Crippen molar-refractivity contribution >= 4 is 21.6 Å². The van der Waals surface area contributed by atoms with Crippen LogP contribution < -0.4 is 4.72 Å². The van der Waals surface area contributed by atoms with E-state index >= 15 is 0 Å². The highest BCUT2D eigenvalue weighted by atomic mass is 32.2. The third-order valence-electron chi connectivity index (χ3n) is 4.50. The summed E-state index contributed by atoms with van der Waals surface area (Å²) in [5.41, 5.74) is -0.352. The lowest BCUT2D eigenvalue weighted by Gasteiger charge is -2.20. The summed E-state index contributed by atoms with van der Waals surface area (Å²) in [4.78, 5) is 14.1. The number of amides is 1. The predicted molar refractivity (Wildman–Crippen MR) is 98.0 cm³/mol. The normalized spacial score (nSPS) is 15.3. The van der Waals surface area contributed by atoms with Gasteiger partial charge in [0.25, 0.3) is 15.9 Å². The first kappa shape index (κ1) is 19.3. The third-order valence-corrected chi connectivity index (χ3v) is 5.87. The van der Waals surface area contributed by atoms with Gasteiger partial charge in [0.1, 0.15) is 17.3 Å². The van der Waals surface area contributed by atoms with Gasteiger partial charge in [0.15, 0.2) is 0 Å². The minimum absolute atomic E-state index is 0.144. The molecule has 1 heterocycles. The number of nitrogens with zero attached hydrogens (tertiary/aromatic N) is 1. The van der Waals surface area contributed by atoms with Crippen LogP contribution in [0.15, 0.2) is 47.4 Å². The van der Waals surface area contributed by atoms with E-state index in [4.69, 9.17) is 0 Å². The number of carbonyl (C=O) groups is 1. The van der Waals surface area contributed by atoms with Crippen molar-refractivity contribution in [3.63, 3.8) is 0 Å². The largest absolute Gasteiger partial charge is 0.339 e. The molecule has 27 heavy (non-hydrogen) atoms. The Balaban J connectivity index is 1.78. The van der Waals surface area contributed by atoms with Crippen molar-refractivity contribution < 1.29 is 22.0 Å². The summed E-state index contributed by atoms with van der Waals surface area (Å²) >= 11 is 0. The number of sulfonamides is 1. The van der Waals surface area contributed by atoms with E-state index in [9.17, 15) is 22.0 Å². The Morgan fingerprint density at radius 3 is 2.00 bits per heavy atom. The average molecular weight is 394 g/mol. The van der Waals surface area contributed by atoms with Crippen molar-refractivity contribution in [2.75, 3.05) is 17.8 Å². The Morgan fingerprint density at radius 2 is 1.44 bits per heavy atom. The van der Waals surface area contributed by atoms with Gasteiger partial charge in [0, 0.05) is 18.7 Å². The fourth-order valence-electron chi connectivity index (χ4n) is 3.02. The molecular weight excluding hydrogens is 374 g/mol. The van der Waals surface area contributed by atoms with Crippen molar-refractivity contribution in [1.82, 2.24) is 4.90 Å².